The molecular formula is C47H53N3O4. The number of aliphatic hydroxyl groups excluding tert-OH is 1. The Labute approximate surface area is 317 Å². The third-order valence-corrected chi connectivity index (χ3v) is 16.2. The summed E-state index contributed by atoms with van der Waals surface area (Å²) >= 11 is 0. The van der Waals surface area contributed by atoms with Gasteiger partial charge in [0.15, 0.2) is 5.78 Å². The fourth-order valence-corrected chi connectivity index (χ4v) is 13.3. The van der Waals surface area contributed by atoms with Gasteiger partial charge in [-0.05, 0) is 98.3 Å². The second-order valence-corrected chi connectivity index (χ2v) is 18.4. The van der Waals surface area contributed by atoms with Crippen LogP contribution in [0, 0.1) is 33.5 Å². The standard InChI is InChI=1S/C47H53N3O4/c1-43-21-16-35(51)28-45(43)24-25-47(36(29-45)41(52)33-14-12-32(13-15-33)31-8-4-3-5-9-31)39(43)17-22-44(2)40(47)18-23-46(44,54)30-49-26-19-34(20-27-49)50-38-11-7-6-10-37(38)48-42(50)53/h3-15,24-25,29,34-35,39-40,51,54H,16-23,26-28,30H2,1-2H3,(H,48,53)/t35?,39-,40-,43-,44+,45+,46-,47-/m1/s1. The predicted molar refractivity (Wildman–Crippen MR) is 212 cm³/mol. The molecule has 6 aliphatic carbocycles. The van der Waals surface area contributed by atoms with Crippen LogP contribution in [-0.2, 0) is 0 Å². The van der Waals surface area contributed by atoms with Crippen molar-refractivity contribution in [1.29, 1.82) is 0 Å². The fraction of sp³-hybridized carbons (Fsp3) is 0.489. The summed E-state index contributed by atoms with van der Waals surface area (Å²) in [5.41, 5.74) is 3.47. The van der Waals surface area contributed by atoms with Crippen LogP contribution in [0.1, 0.15) is 88.0 Å². The number of H-pyrrole nitrogens is 1. The number of likely N-dealkylation sites (tertiary alicyclic amines) is 1. The molecule has 7 nitrogen and oxygen atoms in total. The number of allylic oxidation sites excluding steroid dienone is 4. The number of aromatic amines is 1. The van der Waals surface area contributed by atoms with E-state index in [0.717, 1.165) is 85.8 Å². The largest absolute Gasteiger partial charge is 0.393 e. The van der Waals surface area contributed by atoms with Gasteiger partial charge < -0.3 is 20.1 Å². The van der Waals surface area contributed by atoms with Crippen molar-refractivity contribution in [2.75, 3.05) is 19.6 Å². The molecule has 280 valence electrons. The zero-order chi connectivity index (χ0) is 37.1. The third kappa shape index (κ3) is 4.64. The maximum absolute atomic E-state index is 15.1. The first kappa shape index (κ1) is 34.5. The normalized spacial score (nSPS) is 37.5. The number of aromatic nitrogens is 2. The van der Waals surface area contributed by atoms with Gasteiger partial charge in [0.2, 0.25) is 0 Å². The summed E-state index contributed by atoms with van der Waals surface area (Å²) in [6.45, 7) is 7.06. The second-order valence-electron chi connectivity index (χ2n) is 18.4. The molecule has 7 aliphatic rings. The van der Waals surface area contributed by atoms with E-state index in [2.05, 4.69) is 66.2 Å². The number of hydrogen-bond donors (Lipinski definition) is 3. The maximum Gasteiger partial charge on any atom is 0.326 e. The summed E-state index contributed by atoms with van der Waals surface area (Å²) < 4.78 is 1.94. The number of benzene rings is 3. The number of hydrogen-bond acceptors (Lipinski definition) is 5. The van der Waals surface area contributed by atoms with Crippen LogP contribution in [0.15, 0.2) is 107 Å². The van der Waals surface area contributed by atoms with E-state index >= 15 is 4.79 Å². The van der Waals surface area contributed by atoms with Crippen molar-refractivity contribution in [2.24, 2.45) is 33.5 Å². The van der Waals surface area contributed by atoms with Crippen molar-refractivity contribution in [3.8, 4) is 11.1 Å². The number of carbonyl (C=O) groups excluding carboxylic acids is 1. The summed E-state index contributed by atoms with van der Waals surface area (Å²) in [6.07, 6.45) is 14.3. The molecule has 1 aromatic heterocycles. The number of carbonyl (C=O) groups is 1. The Hall–Kier alpha value is -4.04. The average Bonchev–Trinajstić information content (AvgIpc) is 3.66. The number of β-amino-alcohol motifs (C(OH)–C–C–N with tert-alkyl or cyclic N) is 1. The van der Waals surface area contributed by atoms with E-state index in [1.807, 2.05) is 59.2 Å². The molecule has 7 heteroatoms. The van der Waals surface area contributed by atoms with Crippen molar-refractivity contribution in [3.05, 3.63) is 119 Å². The number of para-hydroxylation sites is 2. The summed E-state index contributed by atoms with van der Waals surface area (Å²) in [6, 6.07) is 26.5. The topological polar surface area (TPSA) is 98.6 Å². The zero-order valence-corrected chi connectivity index (χ0v) is 31.6. The van der Waals surface area contributed by atoms with E-state index in [4.69, 9.17) is 0 Å². The molecule has 3 aromatic carbocycles. The molecule has 1 aliphatic heterocycles. The number of Topliss-reactive ketones (excluding diaryl/α,β-unsaturated/α-hetero) is 1. The van der Waals surface area contributed by atoms with Crippen LogP contribution in [-0.4, -0.2) is 61.8 Å². The Balaban J connectivity index is 0.969. The van der Waals surface area contributed by atoms with Gasteiger partial charge in [-0.25, -0.2) is 4.79 Å². The highest BCUT2D eigenvalue weighted by molar-refractivity contribution is 6.10. The third-order valence-electron chi connectivity index (χ3n) is 16.2. The minimum atomic E-state index is -0.892. The van der Waals surface area contributed by atoms with Crippen LogP contribution in [0.2, 0.25) is 0 Å². The molecule has 4 aromatic rings. The zero-order valence-electron chi connectivity index (χ0n) is 31.6. The lowest BCUT2D eigenvalue weighted by molar-refractivity contribution is -0.176. The first-order valence-electron chi connectivity index (χ1n) is 20.5. The summed E-state index contributed by atoms with van der Waals surface area (Å²) in [4.78, 5) is 33.6. The number of piperidine rings is 1. The predicted octanol–water partition coefficient (Wildman–Crippen LogP) is 8.11. The van der Waals surface area contributed by atoms with Crippen LogP contribution in [0.3, 0.4) is 0 Å². The van der Waals surface area contributed by atoms with E-state index in [1.165, 1.54) is 0 Å². The molecule has 54 heavy (non-hydrogen) atoms. The lowest BCUT2D eigenvalue weighted by Gasteiger charge is -2.71. The smallest absolute Gasteiger partial charge is 0.326 e. The molecule has 3 N–H and O–H groups in total. The fourth-order valence-electron chi connectivity index (χ4n) is 13.3. The SMILES string of the molecule is C[C@]12CC[C@H]3[C@]4(C=C[C@@]5(C=C4C(=O)c4ccc(-c6ccccc6)cc4)CC(O)CC[C@]35C)[C@@H]1CC[C@@]2(O)CN1CCC(n2c(=O)[nH]c3ccccc32)CC1. The number of nitrogens with one attached hydrogen (secondary N) is 1. The maximum atomic E-state index is 15.1. The Kier molecular flexibility index (Phi) is 7.64. The van der Waals surface area contributed by atoms with Crippen LogP contribution in [0.5, 0.6) is 0 Å². The molecule has 0 amide bonds. The number of ketones is 1. The first-order chi connectivity index (χ1) is 26.0. The van der Waals surface area contributed by atoms with E-state index in [9.17, 15) is 15.0 Å². The minimum absolute atomic E-state index is 0.0424. The molecule has 2 bridgehead atoms. The summed E-state index contributed by atoms with van der Waals surface area (Å²) in [7, 11) is 0. The molecule has 3 saturated carbocycles. The molecule has 2 spiro atoms. The Morgan fingerprint density at radius 3 is 2.24 bits per heavy atom. The Bertz CT molecular complexity index is 2250. The van der Waals surface area contributed by atoms with E-state index < -0.39 is 11.0 Å². The Morgan fingerprint density at radius 1 is 0.796 bits per heavy atom. The van der Waals surface area contributed by atoms with Gasteiger partial charge in [0.05, 0.1) is 22.7 Å². The van der Waals surface area contributed by atoms with E-state index in [0.29, 0.717) is 24.9 Å². The quantitative estimate of drug-likeness (QED) is 0.138. The molecule has 11 rings (SSSR count). The van der Waals surface area contributed by atoms with Crippen molar-refractivity contribution < 1.29 is 15.0 Å². The summed E-state index contributed by atoms with van der Waals surface area (Å²) in [5.74, 6) is 0.480. The van der Waals surface area contributed by atoms with Gasteiger partial charge in [-0.3, -0.25) is 9.36 Å². The molecular weight excluding hydrogens is 671 g/mol. The van der Waals surface area contributed by atoms with E-state index in [1.54, 1.807) is 0 Å². The van der Waals surface area contributed by atoms with Crippen LogP contribution in [0.25, 0.3) is 22.2 Å². The highest BCUT2D eigenvalue weighted by atomic mass is 16.3. The van der Waals surface area contributed by atoms with Crippen LogP contribution < -0.4 is 5.69 Å². The van der Waals surface area contributed by atoms with Gasteiger partial charge >= 0.3 is 5.69 Å². The number of imidazole rings is 1. The molecule has 1 unspecified atom stereocenters. The number of rotatable bonds is 6. The van der Waals surface area contributed by atoms with Crippen molar-refractivity contribution in [3.63, 3.8) is 0 Å². The Morgan fingerprint density at radius 2 is 1.46 bits per heavy atom. The highest BCUT2D eigenvalue weighted by Gasteiger charge is 2.74. The number of aliphatic hydroxyl groups is 2. The van der Waals surface area contributed by atoms with Crippen molar-refractivity contribution in [1.82, 2.24) is 14.5 Å². The van der Waals surface area contributed by atoms with E-state index in [-0.39, 0.29) is 51.7 Å². The van der Waals surface area contributed by atoms with Gasteiger partial charge in [0.1, 0.15) is 0 Å². The van der Waals surface area contributed by atoms with Gasteiger partial charge in [-0.15, -0.1) is 0 Å². The highest BCUT2D eigenvalue weighted by Crippen LogP contribution is 2.78. The second kappa shape index (κ2) is 12.0. The molecule has 1 saturated heterocycles. The molecule has 4 fully saturated rings. The van der Waals surface area contributed by atoms with Crippen molar-refractivity contribution >= 4 is 16.8 Å². The average molecular weight is 724 g/mol. The molecule has 0 radical (unpaired) electrons. The first-order valence-corrected chi connectivity index (χ1v) is 20.5. The van der Waals surface area contributed by atoms with Gasteiger partial charge in [0.25, 0.3) is 0 Å². The molecule has 8 atom stereocenters. The van der Waals surface area contributed by atoms with Crippen molar-refractivity contribution in [2.45, 2.75) is 89.4 Å². The van der Waals surface area contributed by atoms with Gasteiger partial charge in [0, 0.05) is 53.1 Å². The summed E-state index contributed by atoms with van der Waals surface area (Å²) in [5, 5.41) is 24.1. The number of fused-ring (bicyclic) bond motifs is 2. The van der Waals surface area contributed by atoms with Gasteiger partial charge in [-0.1, -0.05) is 98.8 Å². The minimum Gasteiger partial charge on any atom is -0.393 e. The lowest BCUT2D eigenvalue weighted by Crippen LogP contribution is -2.67. The lowest BCUT2D eigenvalue weighted by atomic mass is 9.32. The monoisotopic (exact) mass is 723 g/mol. The van der Waals surface area contributed by atoms with Crippen LogP contribution in [0.4, 0.5) is 0 Å². The van der Waals surface area contributed by atoms with Gasteiger partial charge in [-0.2, -0.15) is 0 Å². The number of nitrogens with zero attached hydrogens (tertiary/aromatic N) is 2. The molecule has 2 heterocycles. The van der Waals surface area contributed by atoms with Crippen LogP contribution >= 0.6 is 0 Å².